The number of rotatable bonds is 7. The lowest BCUT2D eigenvalue weighted by Gasteiger charge is -2.32. The van der Waals surface area contributed by atoms with Crippen molar-refractivity contribution >= 4 is 10.0 Å². The monoisotopic (exact) mass is 287 g/mol. The molecular weight excluding hydrogens is 262 g/mol. The van der Waals surface area contributed by atoms with E-state index in [0.717, 1.165) is 12.8 Å². The SMILES string of the molecule is CCC(C)N(C(C)CC)S(=O)(=O)c1cnn(CC)c1. The predicted octanol–water partition coefficient (Wildman–Crippen LogP) is 2.49. The summed E-state index contributed by atoms with van der Waals surface area (Å²) >= 11 is 0. The van der Waals surface area contributed by atoms with Crippen LogP contribution in [0.3, 0.4) is 0 Å². The third kappa shape index (κ3) is 3.36. The summed E-state index contributed by atoms with van der Waals surface area (Å²) in [5, 5.41) is 4.06. The Morgan fingerprint density at radius 3 is 2.11 bits per heavy atom. The summed E-state index contributed by atoms with van der Waals surface area (Å²) in [4.78, 5) is 0.287. The van der Waals surface area contributed by atoms with E-state index < -0.39 is 10.0 Å². The predicted molar refractivity (Wildman–Crippen MR) is 76.4 cm³/mol. The Bertz CT molecular complexity index is 486. The second-order valence-electron chi connectivity index (χ2n) is 4.88. The van der Waals surface area contributed by atoms with Crippen LogP contribution in [0.4, 0.5) is 0 Å². The van der Waals surface area contributed by atoms with E-state index in [-0.39, 0.29) is 17.0 Å². The van der Waals surface area contributed by atoms with E-state index in [1.807, 2.05) is 34.6 Å². The van der Waals surface area contributed by atoms with Crippen molar-refractivity contribution < 1.29 is 8.42 Å². The minimum Gasteiger partial charge on any atom is -0.272 e. The van der Waals surface area contributed by atoms with Crippen LogP contribution in [-0.4, -0.2) is 34.6 Å². The fourth-order valence-electron chi connectivity index (χ4n) is 2.04. The summed E-state index contributed by atoms with van der Waals surface area (Å²) in [6, 6.07) is -0.0187. The Kier molecular flexibility index (Phi) is 5.55. The second-order valence-corrected chi connectivity index (χ2v) is 6.72. The highest BCUT2D eigenvalue weighted by Gasteiger charge is 2.32. The molecule has 0 aliphatic carbocycles. The Balaban J connectivity index is 3.19. The smallest absolute Gasteiger partial charge is 0.246 e. The van der Waals surface area contributed by atoms with Crippen LogP contribution in [0.2, 0.25) is 0 Å². The zero-order chi connectivity index (χ0) is 14.6. The molecule has 0 amide bonds. The highest BCUT2D eigenvalue weighted by Crippen LogP contribution is 2.23. The molecule has 5 nitrogen and oxygen atoms in total. The third-order valence-electron chi connectivity index (χ3n) is 3.56. The molecule has 1 aromatic heterocycles. The van der Waals surface area contributed by atoms with Crippen molar-refractivity contribution in [2.45, 2.75) is 71.0 Å². The first-order chi connectivity index (χ1) is 8.88. The zero-order valence-electron chi connectivity index (χ0n) is 12.5. The molecule has 2 atom stereocenters. The van der Waals surface area contributed by atoms with Crippen molar-refractivity contribution in [3.8, 4) is 0 Å². The van der Waals surface area contributed by atoms with Crippen LogP contribution in [0.25, 0.3) is 0 Å². The van der Waals surface area contributed by atoms with Crippen molar-refractivity contribution in [2.24, 2.45) is 0 Å². The summed E-state index contributed by atoms with van der Waals surface area (Å²) < 4.78 is 28.7. The summed E-state index contributed by atoms with van der Waals surface area (Å²) in [5.74, 6) is 0. The van der Waals surface area contributed by atoms with Gasteiger partial charge in [-0.25, -0.2) is 8.42 Å². The minimum atomic E-state index is -3.46. The standard InChI is InChI=1S/C13H25N3O2S/c1-6-11(4)16(12(5)7-2)19(17,18)13-9-14-15(8-3)10-13/h9-12H,6-8H2,1-5H3. The number of aryl methyl sites for hydroxylation is 1. The molecule has 0 saturated carbocycles. The number of aromatic nitrogens is 2. The van der Waals surface area contributed by atoms with Gasteiger partial charge >= 0.3 is 0 Å². The van der Waals surface area contributed by atoms with Gasteiger partial charge in [-0.15, -0.1) is 0 Å². The van der Waals surface area contributed by atoms with Crippen LogP contribution in [0.15, 0.2) is 17.3 Å². The maximum absolute atomic E-state index is 12.7. The van der Waals surface area contributed by atoms with Crippen LogP contribution >= 0.6 is 0 Å². The molecule has 19 heavy (non-hydrogen) atoms. The first-order valence-electron chi connectivity index (χ1n) is 6.94. The van der Waals surface area contributed by atoms with Crippen molar-refractivity contribution in [2.75, 3.05) is 0 Å². The molecule has 1 heterocycles. The lowest BCUT2D eigenvalue weighted by molar-refractivity contribution is 0.262. The molecule has 0 fully saturated rings. The topological polar surface area (TPSA) is 55.2 Å². The quantitative estimate of drug-likeness (QED) is 0.774. The Hall–Kier alpha value is -0.880. The van der Waals surface area contributed by atoms with Crippen LogP contribution in [0.5, 0.6) is 0 Å². The molecule has 0 N–H and O–H groups in total. The first kappa shape index (κ1) is 16.2. The molecule has 0 aliphatic rings. The average Bonchev–Trinajstić information content (AvgIpc) is 2.87. The van der Waals surface area contributed by atoms with Crippen LogP contribution in [0.1, 0.15) is 47.5 Å². The van der Waals surface area contributed by atoms with Gasteiger partial charge in [0.2, 0.25) is 10.0 Å². The molecule has 0 aromatic carbocycles. The summed E-state index contributed by atoms with van der Waals surface area (Å²) in [6.45, 7) is 10.5. The second kappa shape index (κ2) is 6.52. The summed E-state index contributed by atoms with van der Waals surface area (Å²) in [7, 11) is -3.46. The maximum Gasteiger partial charge on any atom is 0.246 e. The third-order valence-corrected chi connectivity index (χ3v) is 5.64. The normalized spacial score (nSPS) is 15.7. The summed E-state index contributed by atoms with van der Waals surface area (Å²) in [5.41, 5.74) is 0. The molecule has 1 aromatic rings. The highest BCUT2D eigenvalue weighted by atomic mass is 32.2. The fraction of sp³-hybridized carbons (Fsp3) is 0.769. The van der Waals surface area contributed by atoms with Crippen LogP contribution in [-0.2, 0) is 16.6 Å². The Morgan fingerprint density at radius 1 is 1.21 bits per heavy atom. The van der Waals surface area contributed by atoms with E-state index in [1.165, 1.54) is 6.20 Å². The van der Waals surface area contributed by atoms with Crippen molar-refractivity contribution in [1.82, 2.24) is 14.1 Å². The van der Waals surface area contributed by atoms with Gasteiger partial charge in [-0.1, -0.05) is 13.8 Å². The number of nitrogens with zero attached hydrogens (tertiary/aromatic N) is 3. The van der Waals surface area contributed by atoms with Gasteiger partial charge in [0.25, 0.3) is 0 Å². The lowest BCUT2D eigenvalue weighted by atomic mass is 10.2. The molecule has 0 bridgehead atoms. The zero-order valence-corrected chi connectivity index (χ0v) is 13.3. The van der Waals surface area contributed by atoms with Crippen LogP contribution < -0.4 is 0 Å². The number of hydrogen-bond acceptors (Lipinski definition) is 3. The summed E-state index contributed by atoms with van der Waals surface area (Å²) in [6.07, 6.45) is 4.64. The van der Waals surface area contributed by atoms with E-state index in [0.29, 0.717) is 6.54 Å². The van der Waals surface area contributed by atoms with Gasteiger partial charge in [-0.05, 0) is 33.6 Å². The fourth-order valence-corrected chi connectivity index (χ4v) is 3.96. The van der Waals surface area contributed by atoms with Gasteiger partial charge < -0.3 is 0 Å². The largest absolute Gasteiger partial charge is 0.272 e. The van der Waals surface area contributed by atoms with E-state index in [1.54, 1.807) is 15.2 Å². The Morgan fingerprint density at radius 2 is 1.74 bits per heavy atom. The lowest BCUT2D eigenvalue weighted by Crippen LogP contribution is -2.44. The van der Waals surface area contributed by atoms with E-state index in [4.69, 9.17) is 0 Å². The Labute approximate surface area is 116 Å². The van der Waals surface area contributed by atoms with Gasteiger partial charge in [-0.3, -0.25) is 4.68 Å². The van der Waals surface area contributed by atoms with Crippen LogP contribution in [0, 0.1) is 0 Å². The van der Waals surface area contributed by atoms with Crippen molar-refractivity contribution in [3.63, 3.8) is 0 Å². The van der Waals surface area contributed by atoms with E-state index in [2.05, 4.69) is 5.10 Å². The maximum atomic E-state index is 12.7. The molecule has 2 unspecified atom stereocenters. The molecule has 0 radical (unpaired) electrons. The first-order valence-corrected chi connectivity index (χ1v) is 8.38. The molecule has 1 rings (SSSR count). The minimum absolute atomic E-state index is 0.00933. The van der Waals surface area contributed by atoms with E-state index >= 15 is 0 Å². The van der Waals surface area contributed by atoms with Gasteiger partial charge in [-0.2, -0.15) is 9.40 Å². The highest BCUT2D eigenvalue weighted by molar-refractivity contribution is 7.89. The van der Waals surface area contributed by atoms with Gasteiger partial charge in [0.05, 0.1) is 6.20 Å². The molecule has 110 valence electrons. The number of hydrogen-bond donors (Lipinski definition) is 0. The molecule has 0 saturated heterocycles. The average molecular weight is 287 g/mol. The van der Waals surface area contributed by atoms with Gasteiger partial charge in [0, 0.05) is 24.8 Å². The van der Waals surface area contributed by atoms with Gasteiger partial charge in [0.15, 0.2) is 0 Å². The van der Waals surface area contributed by atoms with Crippen molar-refractivity contribution in [3.05, 3.63) is 12.4 Å². The molecular formula is C13H25N3O2S. The molecule has 6 heteroatoms. The number of sulfonamides is 1. The molecule has 0 spiro atoms. The van der Waals surface area contributed by atoms with Crippen molar-refractivity contribution in [1.29, 1.82) is 0 Å². The van der Waals surface area contributed by atoms with E-state index in [9.17, 15) is 8.42 Å². The molecule has 0 aliphatic heterocycles. The van der Waals surface area contributed by atoms with Gasteiger partial charge in [0.1, 0.15) is 4.90 Å².